The van der Waals surface area contributed by atoms with Gasteiger partial charge in [0.1, 0.15) is 5.75 Å². The number of methoxy groups -OCH3 is 1. The van der Waals surface area contributed by atoms with E-state index in [9.17, 15) is 18.0 Å². The van der Waals surface area contributed by atoms with E-state index >= 15 is 0 Å². The fourth-order valence-corrected chi connectivity index (χ4v) is 2.09. The zero-order valence-electron chi connectivity index (χ0n) is 13.1. The van der Waals surface area contributed by atoms with Crippen LogP contribution in [0.4, 0.5) is 13.2 Å². The first kappa shape index (κ1) is 17.8. The van der Waals surface area contributed by atoms with E-state index in [4.69, 9.17) is 4.74 Å². The highest BCUT2D eigenvalue weighted by molar-refractivity contribution is 5.88. The number of carbonyl (C=O) groups excluding carboxylic acids is 1. The van der Waals surface area contributed by atoms with E-state index in [-0.39, 0.29) is 13.2 Å². The molecular formula is C15H16F3N3O3. The molecule has 1 aromatic heterocycles. The average molecular weight is 343 g/mol. The van der Waals surface area contributed by atoms with Gasteiger partial charge in [-0.3, -0.25) is 0 Å². The van der Waals surface area contributed by atoms with E-state index in [0.29, 0.717) is 12.2 Å². The summed E-state index contributed by atoms with van der Waals surface area (Å²) in [6, 6.07) is 7.04. The summed E-state index contributed by atoms with van der Waals surface area (Å²) < 4.78 is 49.6. The summed E-state index contributed by atoms with van der Waals surface area (Å²) in [6.07, 6.45) is -4.41. The van der Waals surface area contributed by atoms with Gasteiger partial charge >= 0.3 is 12.1 Å². The van der Waals surface area contributed by atoms with E-state index in [1.54, 1.807) is 24.3 Å². The van der Waals surface area contributed by atoms with Crippen LogP contribution in [-0.2, 0) is 23.9 Å². The molecule has 0 aliphatic heterocycles. The van der Waals surface area contributed by atoms with Crippen LogP contribution in [-0.4, -0.2) is 34.7 Å². The summed E-state index contributed by atoms with van der Waals surface area (Å²) in [5.41, 5.74) is -1.16. The average Bonchev–Trinajstić information content (AvgIpc) is 2.98. The number of carbonyl (C=O) groups is 1. The largest absolute Gasteiger partial charge is 0.497 e. The van der Waals surface area contributed by atoms with Gasteiger partial charge in [-0.05, 0) is 31.0 Å². The molecule has 24 heavy (non-hydrogen) atoms. The number of hydrogen-bond acceptors (Lipinski definition) is 5. The van der Waals surface area contributed by atoms with Gasteiger partial charge in [-0.25, -0.2) is 9.48 Å². The summed E-state index contributed by atoms with van der Waals surface area (Å²) in [7, 11) is 1.54. The zero-order valence-corrected chi connectivity index (χ0v) is 13.1. The van der Waals surface area contributed by atoms with Crippen molar-refractivity contribution in [1.82, 2.24) is 15.0 Å². The molecule has 0 radical (unpaired) electrons. The van der Waals surface area contributed by atoms with Crippen molar-refractivity contribution in [2.75, 3.05) is 13.7 Å². The molecule has 2 rings (SSSR count). The van der Waals surface area contributed by atoms with Crippen LogP contribution in [0.15, 0.2) is 24.3 Å². The molecule has 0 amide bonds. The molecule has 130 valence electrons. The minimum atomic E-state index is -4.78. The number of alkyl halides is 3. The maximum absolute atomic E-state index is 13.0. The molecule has 0 atom stereocenters. The van der Waals surface area contributed by atoms with Crippen LogP contribution < -0.4 is 4.74 Å². The maximum atomic E-state index is 13.0. The molecule has 0 spiro atoms. The molecule has 0 aliphatic carbocycles. The van der Waals surface area contributed by atoms with Gasteiger partial charge < -0.3 is 9.47 Å². The Morgan fingerprint density at radius 3 is 2.46 bits per heavy atom. The number of rotatable bonds is 6. The molecule has 9 heteroatoms. The predicted molar refractivity (Wildman–Crippen MR) is 77.7 cm³/mol. The lowest BCUT2D eigenvalue weighted by atomic mass is 10.1. The molecule has 0 unspecified atom stereocenters. The van der Waals surface area contributed by atoms with Gasteiger partial charge in [0, 0.05) is 6.54 Å². The highest BCUT2D eigenvalue weighted by atomic mass is 19.4. The summed E-state index contributed by atoms with van der Waals surface area (Å²) in [4.78, 5) is 11.8. The molecule has 2 aromatic rings. The van der Waals surface area contributed by atoms with Crippen molar-refractivity contribution in [3.63, 3.8) is 0 Å². The molecule has 1 aromatic carbocycles. The summed E-state index contributed by atoms with van der Waals surface area (Å²) in [5, 5.41) is 6.55. The SMILES string of the molecule is CCOC(=O)c1c(C(F)(F)F)nnn1CCc1ccc(OC)cc1. The highest BCUT2D eigenvalue weighted by Gasteiger charge is 2.41. The van der Waals surface area contributed by atoms with Crippen LogP contribution in [0.1, 0.15) is 28.7 Å². The third kappa shape index (κ3) is 4.03. The molecule has 0 bridgehead atoms. The lowest BCUT2D eigenvalue weighted by Gasteiger charge is -2.09. The number of hydrogen-bond donors (Lipinski definition) is 0. The van der Waals surface area contributed by atoms with E-state index in [1.807, 2.05) is 0 Å². The first-order valence-corrected chi connectivity index (χ1v) is 7.17. The van der Waals surface area contributed by atoms with Crippen molar-refractivity contribution in [2.45, 2.75) is 26.1 Å². The molecule has 6 nitrogen and oxygen atoms in total. The maximum Gasteiger partial charge on any atom is 0.437 e. The Bertz CT molecular complexity index is 696. The quantitative estimate of drug-likeness (QED) is 0.755. The third-order valence-electron chi connectivity index (χ3n) is 3.24. The van der Waals surface area contributed by atoms with Crippen molar-refractivity contribution in [3.8, 4) is 5.75 Å². The van der Waals surface area contributed by atoms with E-state index in [0.717, 1.165) is 10.2 Å². The Morgan fingerprint density at radius 1 is 1.25 bits per heavy atom. The normalized spacial score (nSPS) is 11.4. The molecule has 0 fully saturated rings. The first-order chi connectivity index (χ1) is 11.4. The second-order valence-corrected chi connectivity index (χ2v) is 4.83. The van der Waals surface area contributed by atoms with E-state index in [2.05, 4.69) is 15.0 Å². The third-order valence-corrected chi connectivity index (χ3v) is 3.24. The predicted octanol–water partition coefficient (Wildman–Crippen LogP) is 2.72. The Labute approximate surface area is 136 Å². The topological polar surface area (TPSA) is 66.2 Å². The molecule has 0 saturated heterocycles. The fraction of sp³-hybridized carbons (Fsp3) is 0.400. The molecule has 0 saturated carbocycles. The second kappa shape index (κ2) is 7.33. The van der Waals surface area contributed by atoms with E-state index in [1.165, 1.54) is 14.0 Å². The highest BCUT2D eigenvalue weighted by Crippen LogP contribution is 2.30. The summed E-state index contributed by atoms with van der Waals surface area (Å²) in [6.45, 7) is 1.53. The van der Waals surface area contributed by atoms with Crippen molar-refractivity contribution >= 4 is 5.97 Å². The van der Waals surface area contributed by atoms with Crippen LogP contribution >= 0.6 is 0 Å². The van der Waals surface area contributed by atoms with Crippen molar-refractivity contribution in [1.29, 1.82) is 0 Å². The number of ether oxygens (including phenoxy) is 2. The number of aromatic nitrogens is 3. The van der Waals surface area contributed by atoms with Crippen molar-refractivity contribution in [2.24, 2.45) is 0 Å². The van der Waals surface area contributed by atoms with Gasteiger partial charge in [0.05, 0.1) is 13.7 Å². The molecular weight excluding hydrogens is 327 g/mol. The van der Waals surface area contributed by atoms with Crippen LogP contribution in [0, 0.1) is 0 Å². The molecule has 1 heterocycles. The molecule has 0 N–H and O–H groups in total. The van der Waals surface area contributed by atoms with Gasteiger partial charge in [0.2, 0.25) is 5.69 Å². The lowest BCUT2D eigenvalue weighted by molar-refractivity contribution is -0.141. The van der Waals surface area contributed by atoms with Gasteiger partial charge in [0.15, 0.2) is 5.69 Å². The monoisotopic (exact) mass is 343 g/mol. The Kier molecular flexibility index (Phi) is 5.42. The van der Waals surface area contributed by atoms with Gasteiger partial charge in [-0.1, -0.05) is 17.3 Å². The summed E-state index contributed by atoms with van der Waals surface area (Å²) in [5.74, 6) is -0.421. The van der Waals surface area contributed by atoms with Gasteiger partial charge in [-0.2, -0.15) is 13.2 Å². The van der Waals surface area contributed by atoms with Crippen molar-refractivity contribution < 1.29 is 27.4 Å². The van der Waals surface area contributed by atoms with Gasteiger partial charge in [-0.15, -0.1) is 5.10 Å². The van der Waals surface area contributed by atoms with Crippen LogP contribution in [0.3, 0.4) is 0 Å². The number of nitrogens with zero attached hydrogens (tertiary/aromatic N) is 3. The number of benzene rings is 1. The fourth-order valence-electron chi connectivity index (χ4n) is 2.09. The lowest BCUT2D eigenvalue weighted by Crippen LogP contribution is -2.19. The van der Waals surface area contributed by atoms with Crippen LogP contribution in [0.5, 0.6) is 5.75 Å². The number of esters is 1. The number of aryl methyl sites for hydroxylation is 2. The Morgan fingerprint density at radius 2 is 1.92 bits per heavy atom. The Hall–Kier alpha value is -2.58. The number of halogens is 3. The molecule has 0 aliphatic rings. The standard InChI is InChI=1S/C15H16F3N3O3/c1-3-24-14(22)12-13(15(16,17)18)19-20-21(12)9-8-10-4-6-11(23-2)7-5-10/h4-7H,3,8-9H2,1-2H3. The minimum Gasteiger partial charge on any atom is -0.497 e. The second-order valence-electron chi connectivity index (χ2n) is 4.83. The van der Waals surface area contributed by atoms with Crippen molar-refractivity contribution in [3.05, 3.63) is 41.2 Å². The zero-order chi connectivity index (χ0) is 17.7. The van der Waals surface area contributed by atoms with E-state index < -0.39 is 23.5 Å². The first-order valence-electron chi connectivity index (χ1n) is 7.17. The Balaban J connectivity index is 2.22. The van der Waals surface area contributed by atoms with Crippen LogP contribution in [0.25, 0.3) is 0 Å². The minimum absolute atomic E-state index is 0.0419. The van der Waals surface area contributed by atoms with Gasteiger partial charge in [0.25, 0.3) is 0 Å². The smallest absolute Gasteiger partial charge is 0.437 e. The summed E-state index contributed by atoms with van der Waals surface area (Å²) >= 11 is 0. The van der Waals surface area contributed by atoms with Crippen LogP contribution in [0.2, 0.25) is 0 Å².